The quantitative estimate of drug-likeness (QED) is 0.238. The number of nitrogens with zero attached hydrogens (tertiary/aromatic N) is 4. The Bertz CT molecular complexity index is 1580. The highest BCUT2D eigenvalue weighted by Gasteiger charge is 2.20. The molecule has 1 saturated heterocycles. The first-order valence-electron chi connectivity index (χ1n) is 14.4. The summed E-state index contributed by atoms with van der Waals surface area (Å²) >= 11 is 0. The Morgan fingerprint density at radius 1 is 0.953 bits per heavy atom. The third-order valence-corrected chi connectivity index (χ3v) is 7.48. The van der Waals surface area contributed by atoms with Crippen LogP contribution in [-0.2, 0) is 11.2 Å². The number of para-hydroxylation sites is 1. The Hall–Kier alpha value is -4.96. The lowest BCUT2D eigenvalue weighted by Gasteiger charge is -2.34. The molecule has 0 spiro atoms. The Balaban J connectivity index is 1.40. The van der Waals surface area contributed by atoms with Crippen molar-refractivity contribution in [3.63, 3.8) is 0 Å². The number of benzene rings is 3. The topological polar surface area (TPSA) is 126 Å². The molecule has 222 valence electrons. The highest BCUT2D eigenvalue weighted by atomic mass is 16.5. The van der Waals surface area contributed by atoms with E-state index < -0.39 is 0 Å². The van der Waals surface area contributed by atoms with E-state index >= 15 is 0 Å². The lowest BCUT2D eigenvalue weighted by molar-refractivity contribution is -0.118. The third-order valence-electron chi connectivity index (χ3n) is 7.48. The van der Waals surface area contributed by atoms with E-state index in [0.29, 0.717) is 12.2 Å². The average Bonchev–Trinajstić information content (AvgIpc) is 2.99. The Morgan fingerprint density at radius 3 is 2.35 bits per heavy atom. The fourth-order valence-electron chi connectivity index (χ4n) is 4.95. The molecule has 5 rings (SSSR count). The Kier molecular flexibility index (Phi) is 9.17. The molecule has 4 aromatic rings. The Morgan fingerprint density at radius 2 is 1.65 bits per heavy atom. The highest BCUT2D eigenvalue weighted by molar-refractivity contribution is 6.06. The molecule has 4 N–H and O–H groups in total. The van der Waals surface area contributed by atoms with Gasteiger partial charge in [0.15, 0.2) is 0 Å². The number of carbonyl (C=O) groups is 2. The number of likely N-dealkylation sites (N-methyl/N-ethyl adjacent to an activating group) is 1. The van der Waals surface area contributed by atoms with Gasteiger partial charge in [0.2, 0.25) is 17.7 Å². The zero-order chi connectivity index (χ0) is 30.3. The van der Waals surface area contributed by atoms with E-state index in [0.717, 1.165) is 54.2 Å². The summed E-state index contributed by atoms with van der Waals surface area (Å²) in [7, 11) is 2.14. The van der Waals surface area contributed by atoms with Crippen LogP contribution in [0, 0.1) is 13.8 Å². The van der Waals surface area contributed by atoms with Crippen LogP contribution in [0.2, 0.25) is 0 Å². The molecule has 0 aliphatic carbocycles. The molecule has 0 atom stereocenters. The van der Waals surface area contributed by atoms with Gasteiger partial charge in [-0.15, -0.1) is 0 Å². The van der Waals surface area contributed by atoms with Gasteiger partial charge in [-0.1, -0.05) is 30.3 Å². The molecular formula is C33H37N7O3. The summed E-state index contributed by atoms with van der Waals surface area (Å²) in [6.45, 7) is 7.93. The summed E-state index contributed by atoms with van der Waals surface area (Å²) in [5, 5.41) is 6.23. The number of piperazine rings is 1. The van der Waals surface area contributed by atoms with Crippen molar-refractivity contribution in [3.8, 4) is 11.6 Å². The number of anilines is 4. The normalized spacial score (nSPS) is 13.4. The maximum atomic E-state index is 13.5. The molecule has 2 heterocycles. The van der Waals surface area contributed by atoms with E-state index in [1.807, 2.05) is 62.4 Å². The fourth-order valence-corrected chi connectivity index (χ4v) is 4.95. The van der Waals surface area contributed by atoms with Crippen LogP contribution in [0.5, 0.6) is 11.6 Å². The van der Waals surface area contributed by atoms with Crippen molar-refractivity contribution in [2.45, 2.75) is 26.7 Å². The van der Waals surface area contributed by atoms with Crippen molar-refractivity contribution in [1.82, 2.24) is 14.9 Å². The third kappa shape index (κ3) is 7.66. The zero-order valence-corrected chi connectivity index (χ0v) is 24.8. The molecule has 1 aromatic heterocycles. The standard InChI is InChI=1S/C33H37N7O3/c1-22-6-4-7-23(2)30(22)37-31(42)28-21-35-33(36-25-11-13-26(14-12-25)40-18-16-39(3)17-19-40)38-32(28)43-27-9-5-8-24(20-27)10-15-29(34)41/h4-9,11-14,20-21H,10,15-19H2,1-3H3,(H2,34,41)(H,37,42)(H,35,36,38). The van der Waals surface area contributed by atoms with E-state index in [1.165, 1.54) is 11.9 Å². The first kappa shape index (κ1) is 29.5. The van der Waals surface area contributed by atoms with Crippen molar-refractivity contribution < 1.29 is 14.3 Å². The minimum Gasteiger partial charge on any atom is -0.438 e. The minimum absolute atomic E-state index is 0.0994. The fraction of sp³-hybridized carbons (Fsp3) is 0.273. The largest absolute Gasteiger partial charge is 0.438 e. The van der Waals surface area contributed by atoms with E-state index in [2.05, 4.69) is 49.6 Å². The number of primary amides is 1. The molecule has 0 saturated carbocycles. The van der Waals surface area contributed by atoms with Crippen LogP contribution in [-0.4, -0.2) is 59.9 Å². The summed E-state index contributed by atoms with van der Waals surface area (Å²) < 4.78 is 6.18. The molecule has 43 heavy (non-hydrogen) atoms. The van der Waals surface area contributed by atoms with Gasteiger partial charge in [-0.25, -0.2) is 4.98 Å². The molecular weight excluding hydrogens is 542 g/mol. The number of nitrogens with two attached hydrogens (primary N) is 1. The molecule has 1 aliphatic heterocycles. The predicted octanol–water partition coefficient (Wildman–Crippen LogP) is 5.05. The number of nitrogens with one attached hydrogen (secondary N) is 2. The monoisotopic (exact) mass is 579 g/mol. The SMILES string of the molecule is Cc1cccc(C)c1NC(=O)c1cnc(Nc2ccc(N3CCN(C)CC3)cc2)nc1Oc1cccc(CCC(N)=O)c1. The predicted molar refractivity (Wildman–Crippen MR) is 169 cm³/mol. The number of carbonyl (C=O) groups excluding carboxylic acids is 2. The number of rotatable bonds is 10. The zero-order valence-electron chi connectivity index (χ0n) is 24.8. The molecule has 1 fully saturated rings. The molecule has 3 aromatic carbocycles. The van der Waals surface area contributed by atoms with Crippen LogP contribution >= 0.6 is 0 Å². The number of ether oxygens (including phenoxy) is 1. The maximum absolute atomic E-state index is 13.5. The van der Waals surface area contributed by atoms with Gasteiger partial charge in [0.1, 0.15) is 11.3 Å². The minimum atomic E-state index is -0.389. The lowest BCUT2D eigenvalue weighted by Crippen LogP contribution is -2.44. The van der Waals surface area contributed by atoms with Crippen LogP contribution in [0.15, 0.2) is 72.9 Å². The first-order chi connectivity index (χ1) is 20.7. The smallest absolute Gasteiger partial charge is 0.262 e. The molecule has 10 nitrogen and oxygen atoms in total. The van der Waals surface area contributed by atoms with Crippen molar-refractivity contribution >= 4 is 34.8 Å². The van der Waals surface area contributed by atoms with E-state index in [4.69, 9.17) is 10.5 Å². The van der Waals surface area contributed by atoms with Gasteiger partial charge in [-0.2, -0.15) is 4.98 Å². The number of hydrogen-bond donors (Lipinski definition) is 3. The molecule has 0 bridgehead atoms. The van der Waals surface area contributed by atoms with E-state index in [9.17, 15) is 9.59 Å². The van der Waals surface area contributed by atoms with Crippen molar-refractivity contribution in [2.75, 3.05) is 48.8 Å². The average molecular weight is 580 g/mol. The second-order valence-electron chi connectivity index (χ2n) is 10.8. The lowest BCUT2D eigenvalue weighted by atomic mass is 10.1. The summed E-state index contributed by atoms with van der Waals surface area (Å²) in [5.74, 6) is 0.0997. The molecule has 0 unspecified atom stereocenters. The van der Waals surface area contributed by atoms with Gasteiger partial charge in [0.25, 0.3) is 5.91 Å². The van der Waals surface area contributed by atoms with Gasteiger partial charge in [-0.3, -0.25) is 9.59 Å². The second kappa shape index (κ2) is 13.3. The van der Waals surface area contributed by atoms with Crippen molar-refractivity contribution in [2.24, 2.45) is 5.73 Å². The van der Waals surface area contributed by atoms with Gasteiger partial charge in [-0.05, 0) is 80.4 Å². The highest BCUT2D eigenvalue weighted by Crippen LogP contribution is 2.29. The van der Waals surface area contributed by atoms with Crippen LogP contribution < -0.4 is 26.0 Å². The van der Waals surface area contributed by atoms with Crippen LogP contribution in [0.3, 0.4) is 0 Å². The van der Waals surface area contributed by atoms with Crippen molar-refractivity contribution in [3.05, 3.63) is 95.2 Å². The summed E-state index contributed by atoms with van der Waals surface area (Å²) in [4.78, 5) is 38.5. The summed E-state index contributed by atoms with van der Waals surface area (Å²) in [5.41, 5.74) is 11.0. The second-order valence-corrected chi connectivity index (χ2v) is 10.8. The number of hydrogen-bond acceptors (Lipinski definition) is 8. The van der Waals surface area contributed by atoms with Gasteiger partial charge in [0, 0.05) is 55.9 Å². The van der Waals surface area contributed by atoms with Gasteiger partial charge < -0.3 is 30.9 Å². The number of aryl methyl sites for hydroxylation is 3. The number of aromatic nitrogens is 2. The molecule has 1 aliphatic rings. The first-order valence-corrected chi connectivity index (χ1v) is 14.4. The van der Waals surface area contributed by atoms with Crippen molar-refractivity contribution in [1.29, 1.82) is 0 Å². The van der Waals surface area contributed by atoms with E-state index in [-0.39, 0.29) is 35.6 Å². The molecule has 10 heteroatoms. The summed E-state index contributed by atoms with van der Waals surface area (Å²) in [6.07, 6.45) is 2.17. The van der Waals surface area contributed by atoms with Gasteiger partial charge in [0.05, 0.1) is 0 Å². The van der Waals surface area contributed by atoms with Crippen LogP contribution in [0.1, 0.15) is 33.5 Å². The van der Waals surface area contributed by atoms with Crippen LogP contribution in [0.4, 0.5) is 23.0 Å². The number of amides is 2. The maximum Gasteiger partial charge on any atom is 0.262 e. The van der Waals surface area contributed by atoms with E-state index in [1.54, 1.807) is 6.07 Å². The Labute approximate surface area is 251 Å². The molecule has 2 amide bonds. The van der Waals surface area contributed by atoms with Crippen LogP contribution in [0.25, 0.3) is 0 Å². The molecule has 0 radical (unpaired) electrons. The summed E-state index contributed by atoms with van der Waals surface area (Å²) in [6, 6.07) is 21.3. The van der Waals surface area contributed by atoms with Gasteiger partial charge >= 0.3 is 0 Å².